The molecule has 1 amide bonds. The largest absolute Gasteiger partial charge is 0.354 e. The van der Waals surface area contributed by atoms with Gasteiger partial charge in [-0.2, -0.15) is 0 Å². The van der Waals surface area contributed by atoms with Crippen LogP contribution in [0.4, 0.5) is 0 Å². The Morgan fingerprint density at radius 1 is 1.13 bits per heavy atom. The molecule has 6 heteroatoms. The molecule has 0 aliphatic rings. The van der Waals surface area contributed by atoms with E-state index < -0.39 is 0 Å². The molecule has 0 atom stereocenters. The summed E-state index contributed by atoms with van der Waals surface area (Å²) in [6.07, 6.45) is 8.78. The van der Waals surface area contributed by atoms with Crippen LogP contribution in [0.15, 0.2) is 55.2 Å². The molecule has 0 bridgehead atoms. The Bertz CT molecular complexity index is 1040. The highest BCUT2D eigenvalue weighted by Gasteiger charge is 2.09. The highest BCUT2D eigenvalue weighted by Crippen LogP contribution is 2.23. The van der Waals surface area contributed by atoms with Crippen LogP contribution in [0, 0.1) is 0 Å². The zero-order valence-electron chi connectivity index (χ0n) is 12.4. The molecule has 0 spiro atoms. The first-order valence-electron chi connectivity index (χ1n) is 7.15. The molecule has 4 aromatic rings. The number of benzene rings is 1. The van der Waals surface area contributed by atoms with Crippen LogP contribution in [0.2, 0.25) is 0 Å². The van der Waals surface area contributed by atoms with Crippen LogP contribution in [0.25, 0.3) is 27.7 Å². The maximum absolute atomic E-state index is 11.7. The van der Waals surface area contributed by atoms with Crippen LogP contribution >= 0.6 is 0 Å². The van der Waals surface area contributed by atoms with Crippen molar-refractivity contribution in [1.29, 1.82) is 0 Å². The normalized spacial score (nSPS) is 11.0. The van der Waals surface area contributed by atoms with Crippen molar-refractivity contribution in [2.75, 3.05) is 7.05 Å². The highest BCUT2D eigenvalue weighted by molar-refractivity contribution is 5.92. The van der Waals surface area contributed by atoms with Crippen molar-refractivity contribution >= 4 is 22.3 Å². The lowest BCUT2D eigenvalue weighted by Crippen LogP contribution is -2.19. The van der Waals surface area contributed by atoms with Gasteiger partial charge in [0.1, 0.15) is 5.69 Å². The van der Waals surface area contributed by atoms with Crippen LogP contribution in [0.3, 0.4) is 0 Å². The number of pyridine rings is 1. The summed E-state index contributed by atoms with van der Waals surface area (Å²) in [5.74, 6) is -0.222. The molecule has 0 saturated carbocycles. The molecular weight excluding hydrogens is 290 g/mol. The Morgan fingerprint density at radius 3 is 2.91 bits per heavy atom. The third kappa shape index (κ3) is 2.30. The second-order valence-electron chi connectivity index (χ2n) is 5.18. The predicted molar refractivity (Wildman–Crippen MR) is 87.1 cm³/mol. The number of nitrogens with zero attached hydrogens (tertiary/aromatic N) is 4. The molecule has 3 heterocycles. The van der Waals surface area contributed by atoms with Crippen LogP contribution in [0.5, 0.6) is 0 Å². The van der Waals surface area contributed by atoms with Crippen LogP contribution in [-0.4, -0.2) is 32.3 Å². The third-order valence-corrected chi connectivity index (χ3v) is 3.74. The summed E-state index contributed by atoms with van der Waals surface area (Å²) in [5.41, 5.74) is 2.89. The minimum absolute atomic E-state index is 0.222. The van der Waals surface area contributed by atoms with Crippen LogP contribution < -0.4 is 5.32 Å². The lowest BCUT2D eigenvalue weighted by molar-refractivity contribution is 0.0957. The highest BCUT2D eigenvalue weighted by atomic mass is 16.1. The van der Waals surface area contributed by atoms with Gasteiger partial charge in [-0.05, 0) is 17.5 Å². The number of aromatic nitrogens is 4. The quantitative estimate of drug-likeness (QED) is 0.617. The van der Waals surface area contributed by atoms with Gasteiger partial charge in [0, 0.05) is 42.8 Å². The van der Waals surface area contributed by atoms with Gasteiger partial charge in [-0.25, -0.2) is 9.97 Å². The molecule has 0 fully saturated rings. The number of amides is 1. The van der Waals surface area contributed by atoms with Gasteiger partial charge in [-0.1, -0.05) is 12.1 Å². The SMILES string of the molecule is CNC(=O)c1cn2cc(-c3ccc4cnccc4c3)nc2cn1. The van der Waals surface area contributed by atoms with Gasteiger partial charge in [-0.15, -0.1) is 0 Å². The van der Waals surface area contributed by atoms with Gasteiger partial charge in [0.2, 0.25) is 0 Å². The summed E-state index contributed by atoms with van der Waals surface area (Å²) in [5, 5.41) is 4.76. The van der Waals surface area contributed by atoms with E-state index in [2.05, 4.69) is 26.3 Å². The summed E-state index contributed by atoms with van der Waals surface area (Å²) < 4.78 is 1.81. The van der Waals surface area contributed by atoms with E-state index in [9.17, 15) is 4.79 Å². The molecule has 0 saturated heterocycles. The third-order valence-electron chi connectivity index (χ3n) is 3.74. The van der Waals surface area contributed by atoms with Crippen molar-refractivity contribution < 1.29 is 4.79 Å². The fourth-order valence-electron chi connectivity index (χ4n) is 2.53. The zero-order chi connectivity index (χ0) is 15.8. The number of hydrogen-bond acceptors (Lipinski definition) is 4. The van der Waals surface area contributed by atoms with Gasteiger partial charge in [-0.3, -0.25) is 9.78 Å². The first-order valence-corrected chi connectivity index (χ1v) is 7.15. The molecule has 0 aliphatic carbocycles. The van der Waals surface area contributed by atoms with Crippen molar-refractivity contribution in [1.82, 2.24) is 24.7 Å². The summed E-state index contributed by atoms with van der Waals surface area (Å²) in [7, 11) is 1.58. The Hall–Kier alpha value is -3.28. The van der Waals surface area contributed by atoms with E-state index in [1.807, 2.05) is 35.0 Å². The second kappa shape index (κ2) is 5.17. The molecule has 1 N–H and O–H groups in total. The molecule has 3 aromatic heterocycles. The van der Waals surface area contributed by atoms with Gasteiger partial charge >= 0.3 is 0 Å². The van der Waals surface area contributed by atoms with E-state index in [1.54, 1.807) is 25.6 Å². The molecule has 4 rings (SSSR count). The van der Waals surface area contributed by atoms with E-state index >= 15 is 0 Å². The number of rotatable bonds is 2. The van der Waals surface area contributed by atoms with Crippen LogP contribution in [-0.2, 0) is 0 Å². The number of hydrogen-bond donors (Lipinski definition) is 1. The molecule has 6 nitrogen and oxygen atoms in total. The average Bonchev–Trinajstić information content (AvgIpc) is 3.03. The maximum atomic E-state index is 11.7. The standard InChI is InChI=1S/C17H13N5O/c1-18-17(23)15-10-22-9-14(21-16(22)8-20-15)12-2-3-13-7-19-5-4-11(13)6-12/h2-10H,1H3,(H,18,23). The molecule has 0 aliphatic heterocycles. The Balaban J connectivity index is 1.82. The molecule has 0 radical (unpaired) electrons. The van der Waals surface area contributed by atoms with Gasteiger partial charge in [0.15, 0.2) is 5.65 Å². The van der Waals surface area contributed by atoms with Gasteiger partial charge in [0.05, 0.1) is 11.9 Å². The smallest absolute Gasteiger partial charge is 0.271 e. The van der Waals surface area contributed by atoms with Crippen molar-refractivity contribution in [2.24, 2.45) is 0 Å². The summed E-state index contributed by atoms with van der Waals surface area (Å²) in [4.78, 5) is 24.5. The fraction of sp³-hybridized carbons (Fsp3) is 0.0588. The Morgan fingerprint density at radius 2 is 2.04 bits per heavy atom. The minimum atomic E-state index is -0.222. The van der Waals surface area contributed by atoms with Crippen molar-refractivity contribution in [3.8, 4) is 11.3 Å². The first kappa shape index (κ1) is 13.4. The zero-order valence-corrected chi connectivity index (χ0v) is 12.4. The van der Waals surface area contributed by atoms with E-state index in [0.717, 1.165) is 22.0 Å². The molecule has 112 valence electrons. The van der Waals surface area contributed by atoms with E-state index in [1.165, 1.54) is 0 Å². The molecule has 1 aromatic carbocycles. The van der Waals surface area contributed by atoms with Gasteiger partial charge < -0.3 is 9.72 Å². The summed E-state index contributed by atoms with van der Waals surface area (Å²) in [6.45, 7) is 0. The molecular formula is C17H13N5O. The van der Waals surface area contributed by atoms with Crippen molar-refractivity contribution in [3.05, 3.63) is 60.9 Å². The average molecular weight is 303 g/mol. The Kier molecular flexibility index (Phi) is 3.01. The van der Waals surface area contributed by atoms with Crippen molar-refractivity contribution in [2.45, 2.75) is 0 Å². The number of carbonyl (C=O) groups excluding carboxylic acids is 1. The van der Waals surface area contributed by atoms with E-state index in [-0.39, 0.29) is 5.91 Å². The maximum Gasteiger partial charge on any atom is 0.271 e. The fourth-order valence-corrected chi connectivity index (χ4v) is 2.53. The summed E-state index contributed by atoms with van der Waals surface area (Å²) in [6, 6.07) is 8.08. The van der Waals surface area contributed by atoms with E-state index in [4.69, 9.17) is 0 Å². The van der Waals surface area contributed by atoms with E-state index in [0.29, 0.717) is 11.3 Å². The molecule has 0 unspecified atom stereocenters. The number of fused-ring (bicyclic) bond motifs is 2. The number of carbonyl (C=O) groups is 1. The minimum Gasteiger partial charge on any atom is -0.354 e. The van der Waals surface area contributed by atoms with Gasteiger partial charge in [0.25, 0.3) is 5.91 Å². The van der Waals surface area contributed by atoms with Crippen molar-refractivity contribution in [3.63, 3.8) is 0 Å². The topological polar surface area (TPSA) is 72.2 Å². The molecule has 23 heavy (non-hydrogen) atoms. The second-order valence-corrected chi connectivity index (χ2v) is 5.18. The lowest BCUT2D eigenvalue weighted by Gasteiger charge is -2.00. The predicted octanol–water partition coefficient (Wildman–Crippen LogP) is 2.30. The Labute approximate surface area is 131 Å². The number of nitrogens with one attached hydrogen (secondary N) is 1. The van der Waals surface area contributed by atoms with Crippen LogP contribution in [0.1, 0.15) is 10.5 Å². The first-order chi connectivity index (χ1) is 11.2. The monoisotopic (exact) mass is 303 g/mol. The summed E-state index contributed by atoms with van der Waals surface area (Å²) >= 11 is 0. The number of imidazole rings is 1. The lowest BCUT2D eigenvalue weighted by atomic mass is 10.1.